The normalized spacial score (nSPS) is 10.5. The Balaban J connectivity index is 1.52. The summed E-state index contributed by atoms with van der Waals surface area (Å²) < 4.78 is 15.8. The van der Waals surface area contributed by atoms with Crippen LogP contribution in [0, 0.1) is 0 Å². The molecule has 4 rings (SSSR count). The van der Waals surface area contributed by atoms with Crippen LogP contribution in [0.1, 0.15) is 20.7 Å². The summed E-state index contributed by atoms with van der Waals surface area (Å²) in [5, 5.41) is 4.74. The van der Waals surface area contributed by atoms with Gasteiger partial charge in [0, 0.05) is 22.8 Å². The lowest BCUT2D eigenvalue weighted by molar-refractivity contribution is 0.0846. The molecule has 8 nitrogen and oxygen atoms in total. The van der Waals surface area contributed by atoms with Crippen molar-refractivity contribution in [2.24, 2.45) is 0 Å². The standard InChI is InChI=1S/C23H19N3O5/c1-29-17-10-16(11-18(13-17)30-2)23(28)25-24-22(27)15-8-9-20-19(12-15)21(31-26-20)14-6-4-3-5-7-14/h3-13H,1-2H3,(H,24,27)(H,25,28). The third-order valence-electron chi connectivity index (χ3n) is 4.68. The zero-order valence-electron chi connectivity index (χ0n) is 16.8. The summed E-state index contributed by atoms with van der Waals surface area (Å²) in [4.78, 5) is 25.1. The van der Waals surface area contributed by atoms with E-state index in [1.165, 1.54) is 14.2 Å². The number of nitrogens with zero attached hydrogens (tertiary/aromatic N) is 1. The van der Waals surface area contributed by atoms with Crippen molar-refractivity contribution in [3.8, 4) is 22.8 Å². The molecule has 1 aromatic heterocycles. The van der Waals surface area contributed by atoms with Gasteiger partial charge in [0.1, 0.15) is 17.0 Å². The van der Waals surface area contributed by atoms with Gasteiger partial charge >= 0.3 is 0 Å². The highest BCUT2D eigenvalue weighted by Crippen LogP contribution is 2.29. The first-order valence-corrected chi connectivity index (χ1v) is 9.37. The zero-order chi connectivity index (χ0) is 21.8. The molecule has 4 aromatic rings. The lowest BCUT2D eigenvalue weighted by Gasteiger charge is -2.10. The largest absolute Gasteiger partial charge is 0.497 e. The molecule has 0 radical (unpaired) electrons. The zero-order valence-corrected chi connectivity index (χ0v) is 16.8. The minimum Gasteiger partial charge on any atom is -0.497 e. The van der Waals surface area contributed by atoms with E-state index < -0.39 is 11.8 Å². The summed E-state index contributed by atoms with van der Waals surface area (Å²) in [5.74, 6) is 0.494. The van der Waals surface area contributed by atoms with Crippen LogP contribution in [0.2, 0.25) is 0 Å². The van der Waals surface area contributed by atoms with E-state index in [1.54, 1.807) is 36.4 Å². The number of fused-ring (bicyclic) bond motifs is 1. The monoisotopic (exact) mass is 417 g/mol. The number of carbonyl (C=O) groups is 2. The Kier molecular flexibility index (Phi) is 5.53. The Morgan fingerprint density at radius 2 is 1.45 bits per heavy atom. The Bertz CT molecular complexity index is 1230. The number of hydrogen-bond donors (Lipinski definition) is 2. The molecular formula is C23H19N3O5. The van der Waals surface area contributed by atoms with Gasteiger partial charge in [0.05, 0.1) is 19.6 Å². The van der Waals surface area contributed by atoms with Gasteiger partial charge in [0.2, 0.25) is 0 Å². The second-order valence-electron chi connectivity index (χ2n) is 6.62. The summed E-state index contributed by atoms with van der Waals surface area (Å²) in [5.41, 5.74) is 6.91. The van der Waals surface area contributed by atoms with Crippen LogP contribution in [0.3, 0.4) is 0 Å². The molecule has 0 unspecified atom stereocenters. The maximum atomic E-state index is 12.6. The van der Waals surface area contributed by atoms with Crippen LogP contribution in [0.4, 0.5) is 0 Å². The highest BCUT2D eigenvalue weighted by Gasteiger charge is 2.15. The molecule has 31 heavy (non-hydrogen) atoms. The number of rotatable bonds is 5. The maximum Gasteiger partial charge on any atom is 0.269 e. The van der Waals surface area contributed by atoms with Gasteiger partial charge in [0.15, 0.2) is 5.76 Å². The minimum atomic E-state index is -0.512. The maximum absolute atomic E-state index is 12.6. The number of benzene rings is 3. The van der Waals surface area contributed by atoms with Crippen molar-refractivity contribution in [1.82, 2.24) is 16.0 Å². The lowest BCUT2D eigenvalue weighted by atomic mass is 10.1. The van der Waals surface area contributed by atoms with Gasteiger partial charge in [0.25, 0.3) is 11.8 Å². The van der Waals surface area contributed by atoms with E-state index in [0.29, 0.717) is 33.7 Å². The molecule has 0 atom stereocenters. The Morgan fingerprint density at radius 1 is 0.806 bits per heavy atom. The van der Waals surface area contributed by atoms with Crippen molar-refractivity contribution in [1.29, 1.82) is 0 Å². The first-order valence-electron chi connectivity index (χ1n) is 9.37. The van der Waals surface area contributed by atoms with Crippen molar-refractivity contribution >= 4 is 22.7 Å². The summed E-state index contributed by atoms with van der Waals surface area (Å²) in [6.07, 6.45) is 0. The van der Waals surface area contributed by atoms with E-state index in [-0.39, 0.29) is 5.56 Å². The molecule has 0 aliphatic rings. The van der Waals surface area contributed by atoms with Crippen LogP contribution in [-0.4, -0.2) is 31.2 Å². The van der Waals surface area contributed by atoms with Gasteiger partial charge in [-0.1, -0.05) is 35.5 Å². The number of ether oxygens (including phenoxy) is 2. The van der Waals surface area contributed by atoms with E-state index in [2.05, 4.69) is 16.0 Å². The number of nitrogens with one attached hydrogen (secondary N) is 2. The SMILES string of the molecule is COc1cc(OC)cc(C(=O)NNC(=O)c2ccc3noc(-c4ccccc4)c3c2)c1. The topological polar surface area (TPSA) is 103 Å². The predicted octanol–water partition coefficient (Wildman–Crippen LogP) is 3.59. The Morgan fingerprint density at radius 3 is 2.10 bits per heavy atom. The Hall–Kier alpha value is -4.33. The number of methoxy groups -OCH3 is 2. The molecule has 0 fully saturated rings. The van der Waals surface area contributed by atoms with Crippen LogP contribution in [0.5, 0.6) is 11.5 Å². The van der Waals surface area contributed by atoms with E-state index in [0.717, 1.165) is 5.56 Å². The van der Waals surface area contributed by atoms with Crippen molar-refractivity contribution in [2.75, 3.05) is 14.2 Å². The van der Waals surface area contributed by atoms with Crippen molar-refractivity contribution in [2.45, 2.75) is 0 Å². The van der Waals surface area contributed by atoms with Crippen molar-refractivity contribution < 1.29 is 23.6 Å². The number of aromatic nitrogens is 1. The second kappa shape index (κ2) is 8.58. The molecule has 8 heteroatoms. The van der Waals surface area contributed by atoms with Gasteiger partial charge in [-0.25, -0.2) is 0 Å². The summed E-state index contributed by atoms with van der Waals surface area (Å²) in [6.45, 7) is 0. The fraction of sp³-hybridized carbons (Fsp3) is 0.0870. The average molecular weight is 417 g/mol. The molecule has 0 saturated carbocycles. The third-order valence-corrected chi connectivity index (χ3v) is 4.68. The highest BCUT2D eigenvalue weighted by molar-refractivity contribution is 6.02. The number of amides is 2. The molecule has 0 aliphatic heterocycles. The van der Waals surface area contributed by atoms with Crippen LogP contribution in [0.25, 0.3) is 22.2 Å². The minimum absolute atomic E-state index is 0.275. The van der Waals surface area contributed by atoms with Gasteiger partial charge in [-0.2, -0.15) is 0 Å². The summed E-state index contributed by atoms with van der Waals surface area (Å²) in [7, 11) is 2.98. The quantitative estimate of drug-likeness (QED) is 0.481. The molecule has 0 bridgehead atoms. The molecule has 3 aromatic carbocycles. The molecular weight excluding hydrogens is 398 g/mol. The number of hydrazine groups is 1. The van der Waals surface area contributed by atoms with Crippen LogP contribution < -0.4 is 20.3 Å². The summed E-state index contributed by atoms with van der Waals surface area (Å²) in [6, 6.07) is 19.2. The molecule has 0 spiro atoms. The van der Waals surface area contributed by atoms with Gasteiger partial charge in [-0.3, -0.25) is 20.4 Å². The van der Waals surface area contributed by atoms with Crippen LogP contribution in [0.15, 0.2) is 71.3 Å². The first-order chi connectivity index (χ1) is 15.1. The van der Waals surface area contributed by atoms with Gasteiger partial charge in [-0.15, -0.1) is 0 Å². The second-order valence-corrected chi connectivity index (χ2v) is 6.62. The fourth-order valence-corrected chi connectivity index (χ4v) is 3.08. The molecule has 2 amide bonds. The molecule has 2 N–H and O–H groups in total. The first kappa shape index (κ1) is 20.0. The fourth-order valence-electron chi connectivity index (χ4n) is 3.08. The van der Waals surface area contributed by atoms with Crippen molar-refractivity contribution in [3.63, 3.8) is 0 Å². The van der Waals surface area contributed by atoms with Gasteiger partial charge < -0.3 is 14.0 Å². The molecule has 0 aliphatic carbocycles. The molecule has 156 valence electrons. The van der Waals surface area contributed by atoms with Crippen LogP contribution in [-0.2, 0) is 0 Å². The molecule has 0 saturated heterocycles. The smallest absolute Gasteiger partial charge is 0.269 e. The number of hydrogen-bond acceptors (Lipinski definition) is 6. The van der Waals surface area contributed by atoms with Crippen LogP contribution >= 0.6 is 0 Å². The van der Waals surface area contributed by atoms with E-state index in [4.69, 9.17) is 14.0 Å². The van der Waals surface area contributed by atoms with E-state index in [9.17, 15) is 9.59 Å². The lowest BCUT2D eigenvalue weighted by Crippen LogP contribution is -2.41. The number of carbonyl (C=O) groups excluding carboxylic acids is 2. The van der Waals surface area contributed by atoms with Crippen molar-refractivity contribution in [3.05, 3.63) is 77.9 Å². The van der Waals surface area contributed by atoms with E-state index >= 15 is 0 Å². The van der Waals surface area contributed by atoms with E-state index in [1.807, 2.05) is 30.3 Å². The average Bonchev–Trinajstić information content (AvgIpc) is 3.25. The Labute approximate surface area is 177 Å². The highest BCUT2D eigenvalue weighted by atomic mass is 16.5. The third kappa shape index (κ3) is 4.18. The summed E-state index contributed by atoms with van der Waals surface area (Å²) >= 11 is 0. The van der Waals surface area contributed by atoms with Gasteiger partial charge in [-0.05, 0) is 30.3 Å². The predicted molar refractivity (Wildman–Crippen MR) is 114 cm³/mol. The molecule has 1 heterocycles.